The molecule has 2 aromatic carbocycles. The number of hydrogen-bond donors (Lipinski definition) is 1. The van der Waals surface area contributed by atoms with Crippen LogP contribution in [-0.4, -0.2) is 57.1 Å². The molecule has 0 amide bonds. The van der Waals surface area contributed by atoms with Crippen molar-refractivity contribution < 1.29 is 28.2 Å². The third-order valence-corrected chi connectivity index (χ3v) is 10.7. The van der Waals surface area contributed by atoms with Gasteiger partial charge in [0.2, 0.25) is 6.17 Å². The quantitative estimate of drug-likeness (QED) is 0.364. The van der Waals surface area contributed by atoms with Gasteiger partial charge in [-0.15, -0.1) is 0 Å². The molecule has 1 aliphatic heterocycles. The van der Waals surface area contributed by atoms with Crippen LogP contribution in [-0.2, 0) is 18.7 Å². The van der Waals surface area contributed by atoms with Crippen LogP contribution in [0.15, 0.2) is 60.7 Å². The topological polar surface area (TPSA) is 68.3 Å². The molecule has 168 valence electrons. The SMILES string of the molecule is CCOC(=O)[C@@H](F)[C@H](O)[C@@H]1O[C@@H]1CO[Si](c1ccccc1)(c1ccccc1)C(C)(C)C. The van der Waals surface area contributed by atoms with E-state index in [1.165, 1.54) is 0 Å². The Morgan fingerprint density at radius 3 is 2.06 bits per heavy atom. The number of ether oxygens (including phenoxy) is 2. The highest BCUT2D eigenvalue weighted by Crippen LogP contribution is 2.38. The van der Waals surface area contributed by atoms with E-state index in [0.29, 0.717) is 0 Å². The van der Waals surface area contributed by atoms with E-state index in [0.717, 1.165) is 10.4 Å². The maximum absolute atomic E-state index is 14.2. The maximum atomic E-state index is 14.2. The van der Waals surface area contributed by atoms with Gasteiger partial charge < -0.3 is 19.0 Å². The molecule has 0 bridgehead atoms. The highest BCUT2D eigenvalue weighted by molar-refractivity contribution is 6.99. The number of aliphatic hydroxyl groups excluding tert-OH is 1. The molecule has 7 heteroatoms. The van der Waals surface area contributed by atoms with Crippen molar-refractivity contribution >= 4 is 24.7 Å². The predicted molar refractivity (Wildman–Crippen MR) is 120 cm³/mol. The van der Waals surface area contributed by atoms with Gasteiger partial charge in [0, 0.05) is 0 Å². The van der Waals surface area contributed by atoms with Gasteiger partial charge in [0.25, 0.3) is 8.32 Å². The first-order valence-electron chi connectivity index (χ1n) is 10.6. The molecule has 0 saturated carbocycles. The summed E-state index contributed by atoms with van der Waals surface area (Å²) in [6, 6.07) is 20.3. The van der Waals surface area contributed by atoms with Gasteiger partial charge in [-0.2, -0.15) is 0 Å². The molecule has 1 saturated heterocycles. The van der Waals surface area contributed by atoms with Crippen LogP contribution in [0.25, 0.3) is 0 Å². The van der Waals surface area contributed by atoms with E-state index in [1.54, 1.807) is 6.92 Å². The van der Waals surface area contributed by atoms with Crippen LogP contribution in [0.4, 0.5) is 4.39 Å². The summed E-state index contributed by atoms with van der Waals surface area (Å²) < 4.78 is 31.1. The molecule has 0 aromatic heterocycles. The lowest BCUT2D eigenvalue weighted by molar-refractivity contribution is -0.154. The molecule has 0 spiro atoms. The minimum absolute atomic E-state index is 0.0535. The van der Waals surface area contributed by atoms with Gasteiger partial charge in [0.05, 0.1) is 13.2 Å². The molecule has 0 radical (unpaired) electrons. The van der Waals surface area contributed by atoms with Gasteiger partial charge in [-0.25, -0.2) is 9.18 Å². The molecular weight excluding hydrogens is 415 g/mol. The lowest BCUT2D eigenvalue weighted by Crippen LogP contribution is -2.66. The van der Waals surface area contributed by atoms with Gasteiger partial charge in [-0.3, -0.25) is 0 Å². The Hall–Kier alpha value is -2.06. The molecule has 4 atom stereocenters. The van der Waals surface area contributed by atoms with Crippen LogP contribution in [0.3, 0.4) is 0 Å². The minimum Gasteiger partial charge on any atom is -0.464 e. The molecule has 0 aliphatic carbocycles. The van der Waals surface area contributed by atoms with E-state index in [9.17, 15) is 14.3 Å². The van der Waals surface area contributed by atoms with Crippen molar-refractivity contribution in [2.24, 2.45) is 0 Å². The Balaban J connectivity index is 1.82. The van der Waals surface area contributed by atoms with Crippen LogP contribution in [0, 0.1) is 0 Å². The molecular formula is C24H31FO5Si. The summed E-state index contributed by atoms with van der Waals surface area (Å²) in [6.07, 6.45) is -4.99. The number of alkyl halides is 1. The minimum atomic E-state index is -2.75. The van der Waals surface area contributed by atoms with Crippen LogP contribution in [0.5, 0.6) is 0 Å². The fourth-order valence-electron chi connectivity index (χ4n) is 4.09. The Kier molecular flexibility index (Phi) is 7.31. The lowest BCUT2D eigenvalue weighted by atomic mass is 10.1. The fraction of sp³-hybridized carbons (Fsp3) is 0.458. The Morgan fingerprint density at radius 1 is 1.10 bits per heavy atom. The Morgan fingerprint density at radius 2 is 1.61 bits per heavy atom. The average molecular weight is 447 g/mol. The molecule has 0 unspecified atom stereocenters. The van der Waals surface area contributed by atoms with Gasteiger partial charge >= 0.3 is 5.97 Å². The van der Waals surface area contributed by atoms with Crippen LogP contribution in [0.2, 0.25) is 5.04 Å². The van der Waals surface area contributed by atoms with E-state index >= 15 is 0 Å². The predicted octanol–water partition coefficient (Wildman–Crippen LogP) is 2.59. The zero-order valence-electron chi connectivity index (χ0n) is 18.5. The maximum Gasteiger partial charge on any atom is 0.343 e. The van der Waals surface area contributed by atoms with Gasteiger partial charge in [0.1, 0.15) is 18.3 Å². The van der Waals surface area contributed by atoms with Crippen LogP contribution < -0.4 is 10.4 Å². The molecule has 31 heavy (non-hydrogen) atoms. The third kappa shape index (κ3) is 4.90. The summed E-state index contributed by atoms with van der Waals surface area (Å²) in [7, 11) is -2.75. The second-order valence-electron chi connectivity index (χ2n) is 8.76. The molecule has 5 nitrogen and oxygen atoms in total. The van der Waals surface area contributed by atoms with Gasteiger partial charge in [-0.1, -0.05) is 81.4 Å². The first-order chi connectivity index (χ1) is 14.7. The average Bonchev–Trinajstić information content (AvgIpc) is 3.53. The number of halogens is 1. The number of carbonyl (C=O) groups excluding carboxylic acids is 1. The highest BCUT2D eigenvalue weighted by atomic mass is 28.4. The van der Waals surface area contributed by atoms with E-state index in [4.69, 9.17) is 9.16 Å². The van der Waals surface area contributed by atoms with Crippen molar-refractivity contribution in [1.82, 2.24) is 0 Å². The van der Waals surface area contributed by atoms with Crippen LogP contribution in [0.1, 0.15) is 27.7 Å². The number of benzene rings is 2. The standard InChI is InChI=1S/C24H31FO5Si/c1-5-28-23(27)20(25)21(26)22-19(30-22)16-29-31(24(2,3)4,17-12-8-6-9-13-17)18-14-10-7-11-15-18/h6-15,19-22,26H,5,16H2,1-4H3/t19-,20+,21+,22-/m1/s1. The second kappa shape index (κ2) is 9.61. The summed E-state index contributed by atoms with van der Waals surface area (Å²) in [5.74, 6) is -1.07. The normalized spacial score (nSPS) is 20.7. The third-order valence-electron chi connectivity index (χ3n) is 5.65. The molecule has 1 fully saturated rings. The summed E-state index contributed by atoms with van der Waals surface area (Å²) >= 11 is 0. The zero-order chi connectivity index (χ0) is 22.6. The summed E-state index contributed by atoms with van der Waals surface area (Å²) in [4.78, 5) is 11.6. The molecule has 2 aromatic rings. The zero-order valence-corrected chi connectivity index (χ0v) is 19.5. The number of carbonyl (C=O) groups is 1. The number of esters is 1. The molecule has 3 rings (SSSR count). The molecule has 1 N–H and O–H groups in total. The van der Waals surface area contributed by atoms with Crippen molar-refractivity contribution in [3.8, 4) is 0 Å². The first-order valence-corrected chi connectivity index (χ1v) is 12.5. The summed E-state index contributed by atoms with van der Waals surface area (Å²) in [5, 5.41) is 12.3. The van der Waals surface area contributed by atoms with Crippen molar-refractivity contribution in [2.75, 3.05) is 13.2 Å². The van der Waals surface area contributed by atoms with Gasteiger partial charge in [0.15, 0.2) is 0 Å². The number of hydrogen-bond acceptors (Lipinski definition) is 5. The largest absolute Gasteiger partial charge is 0.464 e. The number of aliphatic hydroxyl groups is 1. The van der Waals surface area contributed by atoms with Crippen molar-refractivity contribution in [3.05, 3.63) is 60.7 Å². The van der Waals surface area contributed by atoms with Crippen molar-refractivity contribution in [3.63, 3.8) is 0 Å². The van der Waals surface area contributed by atoms with Gasteiger partial charge in [-0.05, 0) is 22.3 Å². The van der Waals surface area contributed by atoms with Crippen molar-refractivity contribution in [1.29, 1.82) is 0 Å². The van der Waals surface area contributed by atoms with E-state index in [1.807, 2.05) is 36.4 Å². The summed E-state index contributed by atoms with van der Waals surface area (Å²) in [5.41, 5.74) is 0. The van der Waals surface area contributed by atoms with Crippen LogP contribution >= 0.6 is 0 Å². The first kappa shape index (κ1) is 23.6. The molecule has 1 heterocycles. The van der Waals surface area contributed by atoms with E-state index in [-0.39, 0.29) is 18.3 Å². The van der Waals surface area contributed by atoms with E-state index < -0.39 is 38.8 Å². The monoisotopic (exact) mass is 446 g/mol. The highest BCUT2D eigenvalue weighted by Gasteiger charge is 2.54. The Labute approximate surface area is 184 Å². The van der Waals surface area contributed by atoms with Crippen molar-refractivity contribution in [2.45, 2.75) is 57.2 Å². The van der Waals surface area contributed by atoms with E-state index in [2.05, 4.69) is 49.8 Å². The second-order valence-corrected chi connectivity index (χ2v) is 13.1. The summed E-state index contributed by atoms with van der Waals surface area (Å²) in [6.45, 7) is 8.33. The molecule has 1 aliphatic rings. The fourth-order valence-corrected chi connectivity index (χ4v) is 8.66. The number of epoxide rings is 1. The Bertz CT molecular complexity index is 816. The lowest BCUT2D eigenvalue weighted by Gasteiger charge is -2.43. The number of rotatable bonds is 9. The smallest absolute Gasteiger partial charge is 0.343 e.